The molecule has 3 heterocycles. The second-order valence-electron chi connectivity index (χ2n) is 8.95. The fourth-order valence-corrected chi connectivity index (χ4v) is 5.48. The van der Waals surface area contributed by atoms with Crippen LogP contribution in [0.5, 0.6) is 17.5 Å². The summed E-state index contributed by atoms with van der Waals surface area (Å²) >= 11 is 1.19. The number of halogens is 3. The Morgan fingerprint density at radius 1 is 1.08 bits per heavy atom. The first-order chi connectivity index (χ1) is 18.6. The highest BCUT2D eigenvalue weighted by molar-refractivity contribution is 7.16. The number of ether oxygens (including phenoxy) is 3. The van der Waals surface area contributed by atoms with Gasteiger partial charge < -0.3 is 14.2 Å². The molecule has 0 saturated carbocycles. The first kappa shape index (κ1) is 26.4. The van der Waals surface area contributed by atoms with Crippen LogP contribution in [-0.2, 0) is 18.2 Å². The fourth-order valence-electron chi connectivity index (χ4n) is 4.39. The number of fused-ring (bicyclic) bond motifs is 3. The zero-order valence-electron chi connectivity index (χ0n) is 21.1. The molecule has 1 unspecified atom stereocenters. The van der Waals surface area contributed by atoms with Gasteiger partial charge in [0.15, 0.2) is 10.7 Å². The summed E-state index contributed by atoms with van der Waals surface area (Å²) in [4.78, 5) is 26.4. The minimum Gasteiger partial charge on any atom is -0.481 e. The fraction of sp³-hybridized carbons (Fsp3) is 0.259. The number of aryl methyl sites for hydroxylation is 1. The van der Waals surface area contributed by atoms with Crippen LogP contribution in [0.25, 0.3) is 11.3 Å². The number of aromatic nitrogens is 3. The van der Waals surface area contributed by atoms with E-state index in [9.17, 15) is 18.0 Å². The first-order valence-corrected chi connectivity index (χ1v) is 12.6. The molecule has 12 heteroatoms. The van der Waals surface area contributed by atoms with Crippen molar-refractivity contribution < 1.29 is 32.2 Å². The number of nitrogens with zero attached hydrogens (tertiary/aromatic N) is 3. The average Bonchev–Trinajstić information content (AvgIpc) is 3.36. The van der Waals surface area contributed by atoms with Crippen molar-refractivity contribution in [2.45, 2.75) is 31.5 Å². The highest BCUT2D eigenvalue weighted by Gasteiger charge is 2.41. The largest absolute Gasteiger partial charge is 0.481 e. The summed E-state index contributed by atoms with van der Waals surface area (Å²) in [6.45, 7) is 1.82. The van der Waals surface area contributed by atoms with E-state index in [1.165, 1.54) is 38.0 Å². The minimum absolute atomic E-state index is 0.0155. The molecule has 2 aromatic heterocycles. The van der Waals surface area contributed by atoms with E-state index in [-0.39, 0.29) is 28.2 Å². The molecule has 202 valence electrons. The molecule has 4 aromatic rings. The van der Waals surface area contributed by atoms with E-state index in [2.05, 4.69) is 20.3 Å². The number of thiazole rings is 1. The third-order valence-electron chi connectivity index (χ3n) is 6.35. The molecule has 0 saturated heterocycles. The monoisotopic (exact) mass is 556 g/mol. The van der Waals surface area contributed by atoms with Gasteiger partial charge in [-0.15, -0.1) is 0 Å². The number of anilines is 1. The maximum atomic E-state index is 13.5. The number of carbonyl (C=O) groups is 1. The predicted octanol–water partition coefficient (Wildman–Crippen LogP) is 6.13. The first-order valence-electron chi connectivity index (χ1n) is 11.8. The van der Waals surface area contributed by atoms with Crippen LogP contribution in [0.1, 0.15) is 39.7 Å². The number of methoxy groups -OCH3 is 2. The van der Waals surface area contributed by atoms with Gasteiger partial charge in [0.2, 0.25) is 11.8 Å². The van der Waals surface area contributed by atoms with Crippen molar-refractivity contribution in [1.82, 2.24) is 15.0 Å². The summed E-state index contributed by atoms with van der Waals surface area (Å²) in [5.41, 5.74) is 0.0687. The van der Waals surface area contributed by atoms with Crippen molar-refractivity contribution in [1.29, 1.82) is 0 Å². The zero-order chi connectivity index (χ0) is 27.8. The molecule has 1 aliphatic rings. The van der Waals surface area contributed by atoms with Crippen LogP contribution in [0.2, 0.25) is 0 Å². The van der Waals surface area contributed by atoms with Crippen molar-refractivity contribution in [3.8, 4) is 28.8 Å². The third kappa shape index (κ3) is 5.11. The molecule has 1 atom stereocenters. The molecule has 1 aliphatic heterocycles. The van der Waals surface area contributed by atoms with E-state index in [1.807, 2.05) is 37.3 Å². The van der Waals surface area contributed by atoms with Gasteiger partial charge >= 0.3 is 6.18 Å². The highest BCUT2D eigenvalue weighted by atomic mass is 32.1. The standard InChI is InChI=1S/C27H23F3N4O4S/c1-26(12-11-15-7-5-4-6-8-15)21-20(17-10-9-16(27(28,29)30)13-18(17)38-26)33-25(39-21)34-22(35)19-23(36-2)31-14-32-24(19)37-3/h4-10,13-14H,11-12H2,1-3H3,(H,33,34,35). The molecule has 0 radical (unpaired) electrons. The molecule has 0 spiro atoms. The lowest BCUT2D eigenvalue weighted by Crippen LogP contribution is -2.32. The van der Waals surface area contributed by atoms with Crippen molar-refractivity contribution in [3.63, 3.8) is 0 Å². The van der Waals surface area contributed by atoms with Crippen LogP contribution in [0.4, 0.5) is 18.3 Å². The van der Waals surface area contributed by atoms with Gasteiger partial charge in [0, 0.05) is 5.56 Å². The van der Waals surface area contributed by atoms with Crippen molar-refractivity contribution in [2.75, 3.05) is 19.5 Å². The van der Waals surface area contributed by atoms with E-state index in [4.69, 9.17) is 14.2 Å². The Balaban J connectivity index is 1.55. The van der Waals surface area contributed by atoms with Crippen LogP contribution in [0, 0.1) is 0 Å². The zero-order valence-corrected chi connectivity index (χ0v) is 21.9. The van der Waals surface area contributed by atoms with E-state index in [1.54, 1.807) is 0 Å². The molecule has 0 aliphatic carbocycles. The Morgan fingerprint density at radius 3 is 2.41 bits per heavy atom. The average molecular weight is 557 g/mol. The predicted molar refractivity (Wildman–Crippen MR) is 138 cm³/mol. The topological polar surface area (TPSA) is 95.5 Å². The molecule has 39 heavy (non-hydrogen) atoms. The normalized spacial score (nSPS) is 16.1. The summed E-state index contributed by atoms with van der Waals surface area (Å²) in [6, 6.07) is 13.0. The van der Waals surface area contributed by atoms with Gasteiger partial charge in [0.25, 0.3) is 5.91 Å². The smallest absolute Gasteiger partial charge is 0.416 e. The number of benzene rings is 2. The molecule has 0 fully saturated rings. The summed E-state index contributed by atoms with van der Waals surface area (Å²) in [7, 11) is 2.73. The Bertz CT molecular complexity index is 1510. The third-order valence-corrected chi connectivity index (χ3v) is 7.57. The van der Waals surface area contributed by atoms with Gasteiger partial charge in [-0.25, -0.2) is 15.0 Å². The molecule has 8 nitrogen and oxygen atoms in total. The Labute approximate surface area is 225 Å². The van der Waals surface area contributed by atoms with E-state index in [0.717, 1.165) is 17.7 Å². The van der Waals surface area contributed by atoms with Crippen LogP contribution in [0.15, 0.2) is 54.9 Å². The van der Waals surface area contributed by atoms with Crippen molar-refractivity contribution in [3.05, 3.63) is 76.4 Å². The Hall–Kier alpha value is -4.19. The summed E-state index contributed by atoms with van der Waals surface area (Å²) in [5, 5.41) is 2.96. The molecule has 2 aromatic carbocycles. The number of alkyl halides is 3. The number of nitrogens with one attached hydrogen (secondary N) is 1. The summed E-state index contributed by atoms with van der Waals surface area (Å²) in [6.07, 6.45) is -2.25. The Kier molecular flexibility index (Phi) is 6.89. The molecular weight excluding hydrogens is 533 g/mol. The highest BCUT2D eigenvalue weighted by Crippen LogP contribution is 2.51. The molecular formula is C27H23F3N4O4S. The second kappa shape index (κ2) is 10.2. The van der Waals surface area contributed by atoms with Gasteiger partial charge in [-0.3, -0.25) is 10.1 Å². The van der Waals surface area contributed by atoms with Gasteiger partial charge in [-0.05, 0) is 43.5 Å². The number of carbonyl (C=O) groups excluding carboxylic acids is 1. The van der Waals surface area contributed by atoms with Gasteiger partial charge in [-0.1, -0.05) is 41.7 Å². The minimum atomic E-state index is -4.53. The van der Waals surface area contributed by atoms with Crippen molar-refractivity contribution in [2.24, 2.45) is 0 Å². The lowest BCUT2D eigenvalue weighted by Gasteiger charge is -2.35. The maximum Gasteiger partial charge on any atom is 0.416 e. The number of hydrogen-bond donors (Lipinski definition) is 1. The van der Waals surface area contributed by atoms with Gasteiger partial charge in [0.1, 0.15) is 17.7 Å². The molecule has 1 amide bonds. The van der Waals surface area contributed by atoms with Crippen LogP contribution >= 0.6 is 11.3 Å². The van der Waals surface area contributed by atoms with E-state index < -0.39 is 23.2 Å². The summed E-state index contributed by atoms with van der Waals surface area (Å²) < 4.78 is 57.2. The lowest BCUT2D eigenvalue weighted by atomic mass is 9.89. The lowest BCUT2D eigenvalue weighted by molar-refractivity contribution is -0.137. The maximum absolute atomic E-state index is 13.5. The number of amides is 1. The molecule has 0 bridgehead atoms. The molecule has 1 N–H and O–H groups in total. The van der Waals surface area contributed by atoms with Crippen LogP contribution in [-0.4, -0.2) is 35.1 Å². The number of hydrogen-bond acceptors (Lipinski definition) is 8. The summed E-state index contributed by atoms with van der Waals surface area (Å²) in [5.74, 6) is -0.505. The van der Waals surface area contributed by atoms with Crippen LogP contribution in [0.3, 0.4) is 0 Å². The number of rotatable bonds is 7. The molecule has 5 rings (SSSR count). The quantitative estimate of drug-likeness (QED) is 0.293. The van der Waals surface area contributed by atoms with Crippen molar-refractivity contribution >= 4 is 22.4 Å². The van der Waals surface area contributed by atoms with E-state index >= 15 is 0 Å². The second-order valence-corrected chi connectivity index (χ2v) is 9.94. The Morgan fingerprint density at radius 2 is 1.77 bits per heavy atom. The van der Waals surface area contributed by atoms with Gasteiger partial charge in [-0.2, -0.15) is 13.2 Å². The van der Waals surface area contributed by atoms with E-state index in [0.29, 0.717) is 29.0 Å². The van der Waals surface area contributed by atoms with Gasteiger partial charge in [0.05, 0.1) is 30.4 Å². The van der Waals surface area contributed by atoms with Crippen LogP contribution < -0.4 is 19.5 Å². The SMILES string of the molecule is COc1ncnc(OC)c1C(=O)Nc1nc2c(s1)C(C)(CCc1ccccc1)Oc1cc(C(F)(F)F)ccc1-2.